The molecule has 3 aromatic rings. The van der Waals surface area contributed by atoms with Gasteiger partial charge in [0.2, 0.25) is 6.23 Å². The fourth-order valence-electron chi connectivity index (χ4n) is 3.96. The highest BCUT2D eigenvalue weighted by Gasteiger charge is 2.60. The summed E-state index contributed by atoms with van der Waals surface area (Å²) in [5.74, 6) is -3.92. The van der Waals surface area contributed by atoms with Crippen molar-refractivity contribution in [3.8, 4) is 0 Å². The monoisotopic (exact) mass is 647 g/mol. The first-order valence-electron chi connectivity index (χ1n) is 12.9. The Morgan fingerprint density at radius 2 is 2.12 bits per heavy atom. The average Bonchev–Trinajstić information content (AvgIpc) is 3.48. The Kier molecular flexibility index (Phi) is 10.5. The van der Waals surface area contributed by atoms with Crippen molar-refractivity contribution in [2.24, 2.45) is 0 Å². The number of ether oxygens (including phenoxy) is 2. The zero-order valence-corrected chi connectivity index (χ0v) is 24.4. The molecule has 1 aliphatic rings. The molecule has 4 atom stereocenters. The number of nitrogens with zero attached hydrogens (tertiary/aromatic N) is 6. The van der Waals surface area contributed by atoms with E-state index in [2.05, 4.69) is 27.2 Å². The maximum atomic E-state index is 15.2. The number of aliphatic hydroxyl groups excluding tert-OH is 1. The molecular weight excluding hydrogens is 619 g/mol. The van der Waals surface area contributed by atoms with Gasteiger partial charge in [0.1, 0.15) is 29.6 Å². The maximum Gasteiger partial charge on any atom is 0.481 e. The van der Waals surface area contributed by atoms with Gasteiger partial charge in [-0.25, -0.2) is 18.8 Å². The Morgan fingerprint density at radius 1 is 1.35 bits per heavy atom. The van der Waals surface area contributed by atoms with Crippen LogP contribution in [0.1, 0.15) is 19.1 Å². The Bertz CT molecular complexity index is 1540. The lowest BCUT2D eigenvalue weighted by Gasteiger charge is -2.27. The largest absolute Gasteiger partial charge is 0.481 e. The van der Waals surface area contributed by atoms with Crippen molar-refractivity contribution in [3.63, 3.8) is 0 Å². The lowest BCUT2D eigenvalue weighted by molar-refractivity contribution is -0.140. The molecule has 19 heteroatoms. The van der Waals surface area contributed by atoms with Gasteiger partial charge in [-0.15, -0.1) is 16.7 Å². The number of nitrogens with one attached hydrogen (secondary N) is 1. The molecule has 15 nitrogen and oxygen atoms in total. The van der Waals surface area contributed by atoms with Crippen LogP contribution in [0.15, 0.2) is 54.0 Å². The fraction of sp³-hybridized carbons (Fsp3) is 0.458. The number of amides is 1. The van der Waals surface area contributed by atoms with Crippen molar-refractivity contribution in [1.29, 1.82) is 0 Å². The second-order valence-electron chi connectivity index (χ2n) is 9.24. The van der Waals surface area contributed by atoms with E-state index in [1.807, 2.05) is 0 Å². The van der Waals surface area contributed by atoms with E-state index in [4.69, 9.17) is 30.2 Å². The van der Waals surface area contributed by atoms with Gasteiger partial charge < -0.3 is 19.2 Å². The third kappa shape index (κ3) is 7.37. The van der Waals surface area contributed by atoms with E-state index in [0.717, 1.165) is 17.1 Å². The van der Waals surface area contributed by atoms with Crippen LogP contribution in [-0.4, -0.2) is 91.4 Å². The Hall–Kier alpha value is -3.47. The molecule has 4 rings (SSSR count). The number of hydrogen-bond donors (Lipinski definition) is 2. The van der Waals surface area contributed by atoms with Crippen LogP contribution < -0.4 is 15.6 Å². The first-order chi connectivity index (χ1) is 20.5. The molecule has 0 bridgehead atoms. The molecule has 1 aliphatic heterocycles. The van der Waals surface area contributed by atoms with E-state index in [1.165, 1.54) is 17.8 Å². The number of fused-ring (bicyclic) bond motifs is 1. The van der Waals surface area contributed by atoms with Gasteiger partial charge >= 0.3 is 25.5 Å². The second-order valence-corrected chi connectivity index (χ2v) is 11.7. The predicted molar refractivity (Wildman–Crippen MR) is 149 cm³/mol. The molecule has 234 valence electrons. The fourth-order valence-corrected chi connectivity index (χ4v) is 5.55. The number of aromatic nitrogens is 5. The molecule has 43 heavy (non-hydrogen) atoms. The quantitative estimate of drug-likeness (QED) is 0.114. The van der Waals surface area contributed by atoms with Crippen LogP contribution in [0.25, 0.3) is 11.0 Å². The van der Waals surface area contributed by atoms with Gasteiger partial charge in [0.25, 0.3) is 0 Å². The lowest BCUT2D eigenvalue weighted by Crippen LogP contribution is -2.42. The van der Waals surface area contributed by atoms with Gasteiger partial charge in [-0.1, -0.05) is 29.6 Å². The summed E-state index contributed by atoms with van der Waals surface area (Å²) in [5.41, 5.74) is -0.418. The summed E-state index contributed by atoms with van der Waals surface area (Å²) in [6.45, 7) is 2.64. The molecule has 2 N–H and O–H groups in total. The van der Waals surface area contributed by atoms with Crippen LogP contribution in [0.2, 0.25) is 0 Å². The smallest absolute Gasteiger partial charge is 0.445 e. The molecule has 0 radical (unpaired) electrons. The number of unbranched alkanes of at least 4 members (excludes halogenated alkanes) is 1. The van der Waals surface area contributed by atoms with E-state index in [1.54, 1.807) is 24.3 Å². The highest BCUT2D eigenvalue weighted by Crippen LogP contribution is 2.50. The van der Waals surface area contributed by atoms with Crippen LogP contribution in [0.4, 0.5) is 19.4 Å². The number of carbonyl (C=O) groups excluding carboxylic acids is 1. The van der Waals surface area contributed by atoms with Crippen LogP contribution in [0.5, 0.6) is 0 Å². The van der Waals surface area contributed by atoms with E-state index < -0.39 is 50.5 Å². The molecule has 0 aliphatic carbocycles. The lowest BCUT2D eigenvalue weighted by atomic mass is 10.1. The minimum Gasteiger partial charge on any atom is -0.445 e. The number of rotatable bonds is 14. The van der Waals surface area contributed by atoms with Crippen molar-refractivity contribution in [2.75, 3.05) is 38.0 Å². The predicted octanol–water partition coefficient (Wildman–Crippen LogP) is 2.82. The molecular formula is C24H29ClF2N7O8P. The number of benzene rings is 1. The number of halogens is 3. The zero-order valence-electron chi connectivity index (χ0n) is 22.8. The average molecular weight is 648 g/mol. The molecule has 1 fully saturated rings. The molecule has 3 heterocycles. The SMILES string of the molecule is C=CCOC(=O)Nc1ccn([C@@H]2O[C@H](COP(=O)(On3nnc4ccccc43)N(C)CCCCCl)[C@@H](O)C2(F)F)c(=O)n1. The number of hydrogen-bond acceptors (Lipinski definition) is 11. The third-order valence-electron chi connectivity index (χ3n) is 6.21. The molecule has 2 aromatic heterocycles. The van der Waals surface area contributed by atoms with Gasteiger partial charge in [-0.3, -0.25) is 14.4 Å². The molecule has 0 spiro atoms. The summed E-state index contributed by atoms with van der Waals surface area (Å²) < 4.78 is 67.2. The van der Waals surface area contributed by atoms with E-state index >= 15 is 8.78 Å². The van der Waals surface area contributed by atoms with Gasteiger partial charge in [-0.2, -0.15) is 13.8 Å². The zero-order chi connectivity index (χ0) is 31.2. The van der Waals surface area contributed by atoms with Crippen LogP contribution in [-0.2, 0) is 18.6 Å². The normalized spacial score (nSPS) is 21.0. The summed E-state index contributed by atoms with van der Waals surface area (Å²) in [5, 5.41) is 20.4. The first-order valence-corrected chi connectivity index (χ1v) is 14.9. The Balaban J connectivity index is 1.51. The minimum absolute atomic E-state index is 0.108. The summed E-state index contributed by atoms with van der Waals surface area (Å²) >= 11 is 5.75. The molecule has 1 unspecified atom stereocenters. The van der Waals surface area contributed by atoms with Crippen LogP contribution in [0, 0.1) is 0 Å². The molecule has 1 saturated heterocycles. The molecule has 0 saturated carbocycles. The summed E-state index contributed by atoms with van der Waals surface area (Å²) in [4.78, 5) is 28.7. The van der Waals surface area contributed by atoms with Crippen LogP contribution >= 0.6 is 19.3 Å². The number of carbonyl (C=O) groups is 1. The summed E-state index contributed by atoms with van der Waals surface area (Å²) in [7, 11) is -2.88. The number of para-hydroxylation sites is 1. The minimum atomic E-state index is -4.32. The topological polar surface area (TPSA) is 172 Å². The maximum absolute atomic E-state index is 15.2. The molecule has 1 aromatic carbocycles. The van der Waals surface area contributed by atoms with Gasteiger partial charge in [0.05, 0.1) is 6.61 Å². The molecule has 1 amide bonds. The van der Waals surface area contributed by atoms with Gasteiger partial charge in [-0.05, 0) is 43.3 Å². The van der Waals surface area contributed by atoms with E-state index in [9.17, 15) is 19.3 Å². The Morgan fingerprint density at radius 3 is 2.84 bits per heavy atom. The van der Waals surface area contributed by atoms with Crippen molar-refractivity contribution in [2.45, 2.75) is 37.2 Å². The Labute approximate surface area is 248 Å². The van der Waals surface area contributed by atoms with Gasteiger partial charge in [0.15, 0.2) is 6.10 Å². The third-order valence-corrected chi connectivity index (χ3v) is 8.35. The van der Waals surface area contributed by atoms with E-state index in [-0.39, 0.29) is 19.0 Å². The first kappa shape index (κ1) is 32.4. The van der Waals surface area contributed by atoms with Crippen molar-refractivity contribution >= 4 is 42.3 Å². The van der Waals surface area contributed by atoms with Crippen molar-refractivity contribution < 1.29 is 41.9 Å². The standard InChI is InChI=1S/C24H29ClF2N7O8P/c1-3-14-39-23(37)29-19-10-13-33(22(36)28-19)21-24(26,27)20(35)18(41-21)15-40-43(38,32(2)12-7-6-11-25)42-34-17-9-5-4-8-16(17)30-31-34/h3-5,8-10,13,18,20-21,35H,1,6-7,11-12,14-15H2,2H3,(H,28,29,36,37)/t18-,20-,21-,43?/m1/s1. The van der Waals surface area contributed by atoms with E-state index in [0.29, 0.717) is 34.3 Å². The number of anilines is 1. The highest BCUT2D eigenvalue weighted by atomic mass is 35.5. The number of aliphatic hydroxyl groups is 1. The van der Waals surface area contributed by atoms with Crippen molar-refractivity contribution in [1.82, 2.24) is 29.4 Å². The highest BCUT2D eigenvalue weighted by molar-refractivity contribution is 7.51. The van der Waals surface area contributed by atoms with Crippen molar-refractivity contribution in [3.05, 3.63) is 59.7 Å². The summed E-state index contributed by atoms with van der Waals surface area (Å²) in [6, 6.07) is 7.72. The van der Waals surface area contributed by atoms with Crippen LogP contribution in [0.3, 0.4) is 0 Å². The summed E-state index contributed by atoms with van der Waals surface area (Å²) in [6.07, 6.45) is -4.17. The number of alkyl halides is 3. The van der Waals surface area contributed by atoms with Gasteiger partial charge in [0, 0.05) is 18.6 Å². The second kappa shape index (κ2) is 13.9.